The molecule has 2 aliphatic rings. The Hall–Kier alpha value is -1.33. The molecule has 1 amide bonds. The minimum atomic E-state index is -0.0691. The summed E-state index contributed by atoms with van der Waals surface area (Å²) < 4.78 is 7.47. The van der Waals surface area contributed by atoms with Gasteiger partial charge in [0.2, 0.25) is 5.91 Å². The van der Waals surface area contributed by atoms with Crippen LogP contribution in [0.4, 0.5) is 0 Å². The van der Waals surface area contributed by atoms with Crippen LogP contribution in [0.3, 0.4) is 0 Å². The molecular formula is C18H29N3O2. The lowest BCUT2D eigenvalue weighted by Gasteiger charge is -2.42. The highest BCUT2D eigenvalue weighted by atomic mass is 16.5. The van der Waals surface area contributed by atoms with Crippen LogP contribution in [0.2, 0.25) is 0 Å². The number of rotatable bonds is 7. The van der Waals surface area contributed by atoms with E-state index in [1.54, 1.807) is 7.11 Å². The van der Waals surface area contributed by atoms with E-state index in [-0.39, 0.29) is 17.4 Å². The average molecular weight is 319 g/mol. The predicted octanol–water partition coefficient (Wildman–Crippen LogP) is 1.92. The number of amides is 1. The zero-order chi connectivity index (χ0) is 16.3. The van der Waals surface area contributed by atoms with Gasteiger partial charge in [-0.25, -0.2) is 0 Å². The van der Waals surface area contributed by atoms with E-state index in [1.807, 2.05) is 0 Å². The molecule has 5 nitrogen and oxygen atoms in total. The second-order valence-corrected chi connectivity index (χ2v) is 7.17. The lowest BCUT2D eigenvalue weighted by molar-refractivity contribution is -0.125. The minimum Gasteiger partial charge on any atom is -0.385 e. The fourth-order valence-electron chi connectivity index (χ4n) is 3.47. The van der Waals surface area contributed by atoms with Gasteiger partial charge in [0, 0.05) is 63.7 Å². The van der Waals surface area contributed by atoms with Crippen molar-refractivity contribution in [2.45, 2.75) is 44.2 Å². The molecule has 1 saturated carbocycles. The van der Waals surface area contributed by atoms with Crippen LogP contribution in [-0.4, -0.2) is 47.7 Å². The van der Waals surface area contributed by atoms with Crippen LogP contribution in [0.5, 0.6) is 0 Å². The monoisotopic (exact) mass is 319 g/mol. The molecule has 0 aromatic carbocycles. The number of piperidine rings is 1. The number of nitrogens with zero attached hydrogens (tertiary/aromatic N) is 2. The summed E-state index contributed by atoms with van der Waals surface area (Å²) in [6.07, 6.45) is 7.16. The maximum Gasteiger partial charge on any atom is 0.223 e. The van der Waals surface area contributed by atoms with Crippen molar-refractivity contribution < 1.29 is 9.53 Å². The first-order valence-corrected chi connectivity index (χ1v) is 8.75. The van der Waals surface area contributed by atoms with Gasteiger partial charge in [-0.2, -0.15) is 0 Å². The summed E-state index contributed by atoms with van der Waals surface area (Å²) in [7, 11) is 3.83. The molecule has 0 atom stereocenters. The molecular weight excluding hydrogens is 290 g/mol. The van der Waals surface area contributed by atoms with E-state index < -0.39 is 0 Å². The smallest absolute Gasteiger partial charge is 0.223 e. The number of hydrogen-bond donors (Lipinski definition) is 1. The van der Waals surface area contributed by atoms with Gasteiger partial charge in [-0.1, -0.05) is 0 Å². The zero-order valence-electron chi connectivity index (χ0n) is 14.4. The van der Waals surface area contributed by atoms with E-state index in [0.29, 0.717) is 6.61 Å². The maximum absolute atomic E-state index is 12.3. The Bertz CT molecular complexity index is 528. The van der Waals surface area contributed by atoms with E-state index in [1.165, 1.54) is 5.69 Å². The molecule has 1 aliphatic heterocycles. The predicted molar refractivity (Wildman–Crippen MR) is 90.0 cm³/mol. The van der Waals surface area contributed by atoms with Crippen LogP contribution in [0.15, 0.2) is 18.3 Å². The van der Waals surface area contributed by atoms with Gasteiger partial charge >= 0.3 is 0 Å². The van der Waals surface area contributed by atoms with Crippen LogP contribution in [0.25, 0.3) is 0 Å². The number of aryl methyl sites for hydroxylation is 1. The molecule has 1 aromatic heterocycles. The zero-order valence-corrected chi connectivity index (χ0v) is 14.4. The topological polar surface area (TPSA) is 46.5 Å². The van der Waals surface area contributed by atoms with Gasteiger partial charge in [-0.15, -0.1) is 0 Å². The van der Waals surface area contributed by atoms with Crippen molar-refractivity contribution in [2.24, 2.45) is 13.0 Å². The summed E-state index contributed by atoms with van der Waals surface area (Å²) in [5.74, 6) is 0.535. The van der Waals surface area contributed by atoms with E-state index in [2.05, 4.69) is 40.2 Å². The Morgan fingerprint density at radius 3 is 2.70 bits per heavy atom. The Morgan fingerprint density at radius 2 is 2.13 bits per heavy atom. The van der Waals surface area contributed by atoms with Crippen LogP contribution >= 0.6 is 0 Å². The normalized spacial score (nSPS) is 21.3. The van der Waals surface area contributed by atoms with Crippen molar-refractivity contribution >= 4 is 5.91 Å². The van der Waals surface area contributed by atoms with Gasteiger partial charge in [-0.05, 0) is 44.2 Å². The molecule has 1 aromatic rings. The molecule has 2 fully saturated rings. The Labute approximate surface area is 139 Å². The summed E-state index contributed by atoms with van der Waals surface area (Å²) in [5, 5.41) is 3.37. The van der Waals surface area contributed by atoms with E-state index in [9.17, 15) is 4.79 Å². The number of ether oxygens (including phenoxy) is 1. The second kappa shape index (κ2) is 7.05. The molecule has 128 valence electrons. The van der Waals surface area contributed by atoms with Crippen LogP contribution in [0.1, 0.15) is 37.8 Å². The summed E-state index contributed by atoms with van der Waals surface area (Å²) in [6.45, 7) is 3.75. The molecule has 1 N–H and O–H groups in total. The fraction of sp³-hybridized carbons (Fsp3) is 0.722. The highest BCUT2D eigenvalue weighted by molar-refractivity contribution is 5.81. The van der Waals surface area contributed by atoms with Crippen molar-refractivity contribution in [3.8, 4) is 0 Å². The number of methoxy groups -OCH3 is 1. The molecule has 0 bridgehead atoms. The van der Waals surface area contributed by atoms with E-state index >= 15 is 0 Å². The summed E-state index contributed by atoms with van der Waals surface area (Å²) in [4.78, 5) is 14.7. The first-order chi connectivity index (χ1) is 11.1. The SMILES string of the molecule is COCCC1(NC(=O)C2CC2)CCN(Cc2cccn2C)CC1. The quantitative estimate of drug-likeness (QED) is 0.835. The number of likely N-dealkylation sites (tertiary alicyclic amines) is 1. The van der Waals surface area contributed by atoms with E-state index in [4.69, 9.17) is 4.74 Å². The Balaban J connectivity index is 1.57. The van der Waals surface area contributed by atoms with Crippen molar-refractivity contribution in [3.05, 3.63) is 24.0 Å². The van der Waals surface area contributed by atoms with Gasteiger partial charge in [0.25, 0.3) is 0 Å². The summed E-state index contributed by atoms with van der Waals surface area (Å²) in [5.41, 5.74) is 1.27. The molecule has 5 heteroatoms. The van der Waals surface area contributed by atoms with Gasteiger partial charge in [0.05, 0.1) is 0 Å². The van der Waals surface area contributed by atoms with Gasteiger partial charge in [-0.3, -0.25) is 9.69 Å². The third-order valence-electron chi connectivity index (χ3n) is 5.37. The lowest BCUT2D eigenvalue weighted by atomic mass is 9.84. The Morgan fingerprint density at radius 1 is 1.39 bits per heavy atom. The molecule has 0 radical (unpaired) electrons. The fourth-order valence-corrected chi connectivity index (χ4v) is 3.47. The number of hydrogen-bond acceptors (Lipinski definition) is 3. The van der Waals surface area contributed by atoms with Crippen molar-refractivity contribution in [3.63, 3.8) is 0 Å². The highest BCUT2D eigenvalue weighted by Gasteiger charge is 2.39. The van der Waals surface area contributed by atoms with Gasteiger partial charge < -0.3 is 14.6 Å². The van der Waals surface area contributed by atoms with E-state index in [0.717, 1.165) is 51.7 Å². The van der Waals surface area contributed by atoms with Crippen molar-refractivity contribution in [2.75, 3.05) is 26.8 Å². The largest absolute Gasteiger partial charge is 0.385 e. The molecule has 23 heavy (non-hydrogen) atoms. The standard InChI is InChI=1S/C18H29N3O2/c1-20-10-3-4-16(20)14-21-11-7-18(8-12-21,9-13-23-2)19-17(22)15-5-6-15/h3-4,10,15H,5-9,11-14H2,1-2H3,(H,19,22). The molecule has 0 unspecified atom stereocenters. The van der Waals surface area contributed by atoms with Crippen molar-refractivity contribution in [1.82, 2.24) is 14.8 Å². The average Bonchev–Trinajstić information content (AvgIpc) is 3.33. The number of aromatic nitrogens is 1. The van der Waals surface area contributed by atoms with Gasteiger partial charge in [0.15, 0.2) is 0 Å². The first-order valence-electron chi connectivity index (χ1n) is 8.75. The summed E-state index contributed by atoms with van der Waals surface area (Å²) >= 11 is 0. The Kier molecular flexibility index (Phi) is 5.07. The number of carbonyl (C=O) groups is 1. The first kappa shape index (κ1) is 16.5. The molecule has 1 saturated heterocycles. The molecule has 2 heterocycles. The maximum atomic E-state index is 12.3. The highest BCUT2D eigenvalue weighted by Crippen LogP contribution is 2.32. The van der Waals surface area contributed by atoms with Gasteiger partial charge in [0.1, 0.15) is 0 Å². The van der Waals surface area contributed by atoms with Crippen molar-refractivity contribution in [1.29, 1.82) is 0 Å². The van der Waals surface area contributed by atoms with Crippen LogP contribution < -0.4 is 5.32 Å². The third-order valence-corrected chi connectivity index (χ3v) is 5.37. The van der Waals surface area contributed by atoms with Crippen LogP contribution in [-0.2, 0) is 23.1 Å². The molecule has 1 aliphatic carbocycles. The molecule has 3 rings (SSSR count). The van der Waals surface area contributed by atoms with Crippen LogP contribution in [0, 0.1) is 5.92 Å². The lowest BCUT2D eigenvalue weighted by Crippen LogP contribution is -2.56. The summed E-state index contributed by atoms with van der Waals surface area (Å²) in [6, 6.07) is 4.28. The number of nitrogens with one attached hydrogen (secondary N) is 1. The minimum absolute atomic E-state index is 0.0691. The number of carbonyl (C=O) groups excluding carboxylic acids is 1. The third kappa shape index (κ3) is 4.15. The molecule has 0 spiro atoms. The second-order valence-electron chi connectivity index (χ2n) is 7.17.